The summed E-state index contributed by atoms with van der Waals surface area (Å²) in [5, 5.41) is 10.9. The zero-order chi connectivity index (χ0) is 18.3. The molecule has 2 heterocycles. The summed E-state index contributed by atoms with van der Waals surface area (Å²) in [6.45, 7) is 0.838. The molecule has 7 nitrogen and oxygen atoms in total. The number of hydrogen-bond donors (Lipinski definition) is 0. The summed E-state index contributed by atoms with van der Waals surface area (Å²) >= 11 is 0. The largest absolute Gasteiger partial charge is 0.497 e. The van der Waals surface area contributed by atoms with Crippen molar-refractivity contribution in [2.24, 2.45) is 0 Å². The van der Waals surface area contributed by atoms with E-state index < -0.39 is 4.92 Å². The van der Waals surface area contributed by atoms with Gasteiger partial charge in [-0.15, -0.1) is 0 Å². The van der Waals surface area contributed by atoms with E-state index >= 15 is 0 Å². The predicted molar refractivity (Wildman–Crippen MR) is 96.0 cm³/mol. The SMILES string of the molecule is COc1ccc(N2C(=O)[C@@H]3CCCN3[C@H]2c2ccc([N+](=O)[O-])cc2)cc1. The molecule has 2 aromatic carbocycles. The number of amides is 1. The van der Waals surface area contributed by atoms with Gasteiger partial charge in [0.2, 0.25) is 5.91 Å². The van der Waals surface area contributed by atoms with Crippen molar-refractivity contribution in [3.63, 3.8) is 0 Å². The van der Waals surface area contributed by atoms with Gasteiger partial charge in [-0.3, -0.25) is 24.7 Å². The summed E-state index contributed by atoms with van der Waals surface area (Å²) in [5.74, 6) is 0.809. The Morgan fingerprint density at radius 1 is 1.12 bits per heavy atom. The van der Waals surface area contributed by atoms with E-state index in [1.807, 2.05) is 24.3 Å². The van der Waals surface area contributed by atoms with Crippen LogP contribution in [0, 0.1) is 10.1 Å². The molecule has 4 rings (SSSR count). The molecule has 0 aromatic heterocycles. The molecule has 2 aliphatic rings. The van der Waals surface area contributed by atoms with Crippen LogP contribution in [0.4, 0.5) is 11.4 Å². The first kappa shape index (κ1) is 16.5. The zero-order valence-electron chi connectivity index (χ0n) is 14.4. The molecule has 0 radical (unpaired) electrons. The van der Waals surface area contributed by atoms with Crippen molar-refractivity contribution < 1.29 is 14.5 Å². The van der Waals surface area contributed by atoms with Gasteiger partial charge >= 0.3 is 0 Å². The smallest absolute Gasteiger partial charge is 0.269 e. The summed E-state index contributed by atoms with van der Waals surface area (Å²) < 4.78 is 5.20. The van der Waals surface area contributed by atoms with Crippen LogP contribution in [-0.4, -0.2) is 35.4 Å². The van der Waals surface area contributed by atoms with E-state index in [4.69, 9.17) is 4.74 Å². The van der Waals surface area contributed by atoms with Crippen molar-refractivity contribution in [2.75, 3.05) is 18.6 Å². The molecule has 0 saturated carbocycles. The molecule has 26 heavy (non-hydrogen) atoms. The molecule has 0 bridgehead atoms. The van der Waals surface area contributed by atoms with Gasteiger partial charge < -0.3 is 4.74 Å². The highest BCUT2D eigenvalue weighted by Crippen LogP contribution is 2.42. The number of nitro groups is 1. The number of carbonyl (C=O) groups excluding carboxylic acids is 1. The number of rotatable bonds is 4. The van der Waals surface area contributed by atoms with Crippen LogP contribution >= 0.6 is 0 Å². The highest BCUT2D eigenvalue weighted by atomic mass is 16.6. The highest BCUT2D eigenvalue weighted by molar-refractivity contribution is 6.00. The Morgan fingerprint density at radius 3 is 2.42 bits per heavy atom. The third-order valence-corrected chi connectivity index (χ3v) is 5.13. The van der Waals surface area contributed by atoms with Gasteiger partial charge in [-0.05, 0) is 54.8 Å². The first-order valence-electron chi connectivity index (χ1n) is 8.57. The average Bonchev–Trinajstić information content (AvgIpc) is 3.24. The number of fused-ring (bicyclic) bond motifs is 1. The fraction of sp³-hybridized carbons (Fsp3) is 0.316. The fourth-order valence-electron chi connectivity index (χ4n) is 3.90. The zero-order valence-corrected chi connectivity index (χ0v) is 14.4. The average molecular weight is 353 g/mol. The molecule has 134 valence electrons. The van der Waals surface area contributed by atoms with Gasteiger partial charge in [-0.2, -0.15) is 0 Å². The number of nitrogens with zero attached hydrogens (tertiary/aromatic N) is 3. The topological polar surface area (TPSA) is 75.9 Å². The van der Waals surface area contributed by atoms with E-state index in [0.29, 0.717) is 0 Å². The van der Waals surface area contributed by atoms with Gasteiger partial charge in [0, 0.05) is 24.4 Å². The number of carbonyl (C=O) groups is 1. The third kappa shape index (κ3) is 2.61. The number of hydrogen-bond acceptors (Lipinski definition) is 5. The summed E-state index contributed by atoms with van der Waals surface area (Å²) in [5.41, 5.74) is 1.73. The predicted octanol–water partition coefficient (Wildman–Crippen LogP) is 3.11. The first-order chi connectivity index (χ1) is 12.6. The molecule has 2 aliphatic heterocycles. The van der Waals surface area contributed by atoms with Crippen LogP contribution in [0.1, 0.15) is 24.6 Å². The molecule has 0 aliphatic carbocycles. The molecule has 0 unspecified atom stereocenters. The van der Waals surface area contributed by atoms with Crippen LogP contribution in [0.3, 0.4) is 0 Å². The van der Waals surface area contributed by atoms with E-state index in [1.54, 1.807) is 24.1 Å². The minimum absolute atomic E-state index is 0.0482. The Bertz CT molecular complexity index is 835. The molecule has 7 heteroatoms. The number of non-ortho nitro benzene ring substituents is 1. The van der Waals surface area contributed by atoms with Crippen LogP contribution in [0.25, 0.3) is 0 Å². The van der Waals surface area contributed by atoms with Crippen molar-refractivity contribution in [2.45, 2.75) is 25.0 Å². The second-order valence-electron chi connectivity index (χ2n) is 6.52. The normalized spacial score (nSPS) is 22.5. The molecule has 2 aromatic rings. The van der Waals surface area contributed by atoms with E-state index in [9.17, 15) is 14.9 Å². The summed E-state index contributed by atoms with van der Waals surface area (Å²) in [4.78, 5) is 27.5. The number of ether oxygens (including phenoxy) is 1. The summed E-state index contributed by atoms with van der Waals surface area (Å²) in [6.07, 6.45) is 1.58. The first-order valence-corrected chi connectivity index (χ1v) is 8.57. The number of benzene rings is 2. The van der Waals surface area contributed by atoms with Crippen molar-refractivity contribution in [3.8, 4) is 5.75 Å². The molecule has 1 amide bonds. The minimum atomic E-state index is -0.413. The monoisotopic (exact) mass is 353 g/mol. The standard InChI is InChI=1S/C19H19N3O4/c1-26-16-10-8-14(9-11-16)21-18(20-12-2-3-17(20)19(21)23)13-4-6-15(7-5-13)22(24)25/h4-11,17-18H,2-3,12H2,1H3/t17-,18+/m0/s1. The maximum atomic E-state index is 13.0. The van der Waals surface area contributed by atoms with Crippen molar-refractivity contribution in [1.29, 1.82) is 0 Å². The van der Waals surface area contributed by atoms with E-state index in [2.05, 4.69) is 4.90 Å². The van der Waals surface area contributed by atoms with Crippen LogP contribution < -0.4 is 9.64 Å². The van der Waals surface area contributed by atoms with Gasteiger partial charge in [-0.25, -0.2) is 0 Å². The van der Waals surface area contributed by atoms with Crippen molar-refractivity contribution >= 4 is 17.3 Å². The van der Waals surface area contributed by atoms with Crippen LogP contribution in [0.2, 0.25) is 0 Å². The fourth-order valence-corrected chi connectivity index (χ4v) is 3.90. The third-order valence-electron chi connectivity index (χ3n) is 5.13. The summed E-state index contributed by atoms with van der Waals surface area (Å²) in [7, 11) is 1.60. The number of methoxy groups -OCH3 is 1. The second kappa shape index (κ2) is 6.42. The van der Waals surface area contributed by atoms with Crippen LogP contribution in [0.5, 0.6) is 5.75 Å². The Morgan fingerprint density at radius 2 is 1.81 bits per heavy atom. The Kier molecular flexibility index (Phi) is 4.08. The number of anilines is 1. The van der Waals surface area contributed by atoms with Gasteiger partial charge in [-0.1, -0.05) is 0 Å². The van der Waals surface area contributed by atoms with Crippen molar-refractivity contribution in [1.82, 2.24) is 4.90 Å². The molecule has 0 N–H and O–H groups in total. The lowest BCUT2D eigenvalue weighted by Gasteiger charge is -2.29. The molecular formula is C19H19N3O4. The minimum Gasteiger partial charge on any atom is -0.497 e. The van der Waals surface area contributed by atoms with Gasteiger partial charge in [0.1, 0.15) is 11.9 Å². The number of nitro benzene ring substituents is 1. The van der Waals surface area contributed by atoms with E-state index in [1.165, 1.54) is 12.1 Å². The Balaban J connectivity index is 1.74. The summed E-state index contributed by atoms with van der Waals surface area (Å²) in [6, 6.07) is 13.8. The molecule has 2 saturated heterocycles. The highest BCUT2D eigenvalue weighted by Gasteiger charge is 2.49. The molecule has 0 spiro atoms. The molecule has 2 fully saturated rings. The van der Waals surface area contributed by atoms with Gasteiger partial charge in [0.15, 0.2) is 0 Å². The van der Waals surface area contributed by atoms with Crippen LogP contribution in [0.15, 0.2) is 48.5 Å². The molecular weight excluding hydrogens is 334 g/mol. The lowest BCUT2D eigenvalue weighted by atomic mass is 10.1. The Labute approximate surface area is 150 Å². The maximum absolute atomic E-state index is 13.0. The Hall–Kier alpha value is -2.93. The van der Waals surface area contributed by atoms with Crippen LogP contribution in [-0.2, 0) is 4.79 Å². The quantitative estimate of drug-likeness (QED) is 0.623. The van der Waals surface area contributed by atoms with Crippen molar-refractivity contribution in [3.05, 3.63) is 64.2 Å². The lowest BCUT2D eigenvalue weighted by Crippen LogP contribution is -2.32. The van der Waals surface area contributed by atoms with Gasteiger partial charge in [0.05, 0.1) is 18.1 Å². The maximum Gasteiger partial charge on any atom is 0.269 e. The van der Waals surface area contributed by atoms with E-state index in [-0.39, 0.29) is 23.8 Å². The van der Waals surface area contributed by atoms with Gasteiger partial charge in [0.25, 0.3) is 5.69 Å². The molecule has 2 atom stereocenters. The second-order valence-corrected chi connectivity index (χ2v) is 6.52. The lowest BCUT2D eigenvalue weighted by molar-refractivity contribution is -0.384. The van der Waals surface area contributed by atoms with E-state index in [0.717, 1.165) is 36.4 Å².